The highest BCUT2D eigenvalue weighted by Gasteiger charge is 2.24. The molecule has 166 valence electrons. The van der Waals surface area contributed by atoms with Gasteiger partial charge < -0.3 is 18.9 Å². The topological polar surface area (TPSA) is 36.9 Å². The third-order valence-corrected chi connectivity index (χ3v) is 6.75. The molecule has 4 nitrogen and oxygen atoms in total. The van der Waals surface area contributed by atoms with Crippen LogP contribution in [0.4, 0.5) is 0 Å². The van der Waals surface area contributed by atoms with Gasteiger partial charge in [0.2, 0.25) is 0 Å². The van der Waals surface area contributed by atoms with Gasteiger partial charge in [-0.05, 0) is 46.2 Å². The summed E-state index contributed by atoms with van der Waals surface area (Å²) in [6.07, 6.45) is 4.12. The molecule has 0 spiro atoms. The standard InChI is InChI=1S/C26H26O4S2/c1-27-15-29-25-21(31-3)13-17-9-5-7-11-19(17)23(25)24-20-12-8-6-10-18(20)14-22(32-4)26(24)30-16-28-2/h5-14H,15-16H2,1-4H3. The second kappa shape index (κ2) is 10.5. The quantitative estimate of drug-likeness (QED) is 0.194. The molecule has 0 atom stereocenters. The molecular formula is C26H26O4S2. The lowest BCUT2D eigenvalue weighted by atomic mass is 9.92. The van der Waals surface area contributed by atoms with Gasteiger partial charge in [0.1, 0.15) is 11.5 Å². The van der Waals surface area contributed by atoms with E-state index in [0.29, 0.717) is 0 Å². The largest absolute Gasteiger partial charge is 0.466 e. The van der Waals surface area contributed by atoms with Crippen molar-refractivity contribution in [3.05, 3.63) is 60.7 Å². The molecule has 0 aliphatic carbocycles. The van der Waals surface area contributed by atoms with Crippen molar-refractivity contribution in [1.82, 2.24) is 0 Å². The van der Waals surface area contributed by atoms with Crippen LogP contribution in [0.1, 0.15) is 0 Å². The highest BCUT2D eigenvalue weighted by molar-refractivity contribution is 7.99. The van der Waals surface area contributed by atoms with E-state index in [-0.39, 0.29) is 13.6 Å². The predicted molar refractivity (Wildman–Crippen MR) is 135 cm³/mol. The maximum absolute atomic E-state index is 6.22. The van der Waals surface area contributed by atoms with Gasteiger partial charge in [-0.1, -0.05) is 48.5 Å². The maximum atomic E-state index is 6.22. The first-order valence-electron chi connectivity index (χ1n) is 10.2. The van der Waals surface area contributed by atoms with Crippen molar-refractivity contribution in [2.75, 3.05) is 40.3 Å². The maximum Gasteiger partial charge on any atom is 0.188 e. The minimum Gasteiger partial charge on any atom is -0.466 e. The van der Waals surface area contributed by atoms with E-state index in [0.717, 1.165) is 54.0 Å². The molecule has 4 aromatic rings. The van der Waals surface area contributed by atoms with E-state index < -0.39 is 0 Å². The molecule has 0 heterocycles. The van der Waals surface area contributed by atoms with Crippen LogP contribution in [0.3, 0.4) is 0 Å². The van der Waals surface area contributed by atoms with Crippen molar-refractivity contribution in [1.29, 1.82) is 0 Å². The molecule has 0 bridgehead atoms. The third kappa shape index (κ3) is 4.28. The van der Waals surface area contributed by atoms with Crippen LogP contribution in [0.2, 0.25) is 0 Å². The first-order chi connectivity index (χ1) is 15.7. The van der Waals surface area contributed by atoms with E-state index in [9.17, 15) is 0 Å². The fourth-order valence-electron chi connectivity index (χ4n) is 3.93. The van der Waals surface area contributed by atoms with Gasteiger partial charge in [0.25, 0.3) is 0 Å². The van der Waals surface area contributed by atoms with Gasteiger partial charge in [0, 0.05) is 25.3 Å². The summed E-state index contributed by atoms with van der Waals surface area (Å²) in [4.78, 5) is 2.10. The summed E-state index contributed by atoms with van der Waals surface area (Å²) in [5, 5.41) is 4.49. The molecular weight excluding hydrogens is 440 g/mol. The summed E-state index contributed by atoms with van der Waals surface area (Å²) in [5.74, 6) is 1.59. The van der Waals surface area contributed by atoms with E-state index in [2.05, 4.69) is 73.2 Å². The molecule has 4 rings (SSSR count). The summed E-state index contributed by atoms with van der Waals surface area (Å²) in [6, 6.07) is 21.1. The van der Waals surface area contributed by atoms with Crippen molar-refractivity contribution in [3.63, 3.8) is 0 Å². The summed E-state index contributed by atoms with van der Waals surface area (Å²) in [6.45, 7) is 0.320. The Morgan fingerprint density at radius 2 is 1.03 bits per heavy atom. The Labute approximate surface area is 197 Å². The van der Waals surface area contributed by atoms with Crippen LogP contribution in [0.25, 0.3) is 32.7 Å². The lowest BCUT2D eigenvalue weighted by Gasteiger charge is -2.22. The van der Waals surface area contributed by atoms with E-state index in [4.69, 9.17) is 18.9 Å². The molecule has 32 heavy (non-hydrogen) atoms. The zero-order valence-corrected chi connectivity index (χ0v) is 20.3. The lowest BCUT2D eigenvalue weighted by Crippen LogP contribution is -2.05. The summed E-state index contributed by atoms with van der Waals surface area (Å²) in [7, 11) is 3.27. The van der Waals surface area contributed by atoms with Gasteiger partial charge in [0.15, 0.2) is 13.6 Å². The Hall–Kier alpha value is -2.38. The summed E-state index contributed by atoms with van der Waals surface area (Å²) < 4.78 is 23.0. The normalized spacial score (nSPS) is 11.2. The highest BCUT2D eigenvalue weighted by Crippen LogP contribution is 2.51. The monoisotopic (exact) mass is 466 g/mol. The van der Waals surface area contributed by atoms with Crippen molar-refractivity contribution in [2.24, 2.45) is 0 Å². The number of fused-ring (bicyclic) bond motifs is 2. The van der Waals surface area contributed by atoms with E-state index in [1.165, 1.54) is 0 Å². The molecule has 0 aromatic heterocycles. The van der Waals surface area contributed by atoms with Crippen LogP contribution in [-0.4, -0.2) is 40.3 Å². The molecule has 0 saturated carbocycles. The fraction of sp³-hybridized carbons (Fsp3) is 0.231. The van der Waals surface area contributed by atoms with Crippen LogP contribution >= 0.6 is 23.5 Å². The number of methoxy groups -OCH3 is 2. The average molecular weight is 467 g/mol. The minimum atomic E-state index is 0.160. The molecule has 0 amide bonds. The van der Waals surface area contributed by atoms with Crippen LogP contribution in [0.5, 0.6) is 11.5 Å². The van der Waals surface area contributed by atoms with Gasteiger partial charge >= 0.3 is 0 Å². The van der Waals surface area contributed by atoms with Crippen molar-refractivity contribution in [2.45, 2.75) is 9.79 Å². The molecule has 6 heteroatoms. The molecule has 0 unspecified atom stereocenters. The number of hydrogen-bond acceptors (Lipinski definition) is 6. The van der Waals surface area contributed by atoms with E-state index in [1.54, 1.807) is 37.7 Å². The van der Waals surface area contributed by atoms with Crippen LogP contribution in [0.15, 0.2) is 70.5 Å². The van der Waals surface area contributed by atoms with Crippen molar-refractivity contribution in [3.8, 4) is 22.6 Å². The number of thioether (sulfide) groups is 2. The molecule has 0 saturated heterocycles. The van der Waals surface area contributed by atoms with Crippen molar-refractivity contribution < 1.29 is 18.9 Å². The van der Waals surface area contributed by atoms with Crippen LogP contribution in [0, 0.1) is 0 Å². The molecule has 0 fully saturated rings. The lowest BCUT2D eigenvalue weighted by molar-refractivity contribution is 0.0482. The zero-order valence-electron chi connectivity index (χ0n) is 18.6. The van der Waals surface area contributed by atoms with Gasteiger partial charge in [0.05, 0.1) is 9.79 Å². The van der Waals surface area contributed by atoms with E-state index in [1.807, 2.05) is 0 Å². The third-order valence-electron chi connectivity index (χ3n) is 5.27. The minimum absolute atomic E-state index is 0.160. The number of benzene rings is 4. The number of hydrogen-bond donors (Lipinski definition) is 0. The Kier molecular flexibility index (Phi) is 7.48. The molecule has 0 aliphatic heterocycles. The Bertz CT molecular complexity index is 1140. The summed E-state index contributed by atoms with van der Waals surface area (Å²) in [5.41, 5.74) is 2.01. The zero-order chi connectivity index (χ0) is 22.5. The first kappa shape index (κ1) is 22.8. The number of rotatable bonds is 9. The van der Waals surface area contributed by atoms with Crippen LogP contribution < -0.4 is 9.47 Å². The second-order valence-corrected chi connectivity index (χ2v) is 8.81. The van der Waals surface area contributed by atoms with Crippen LogP contribution in [-0.2, 0) is 9.47 Å². The van der Waals surface area contributed by atoms with Gasteiger partial charge in [-0.15, -0.1) is 23.5 Å². The van der Waals surface area contributed by atoms with Gasteiger partial charge in [-0.25, -0.2) is 0 Å². The average Bonchev–Trinajstić information content (AvgIpc) is 2.84. The SMILES string of the molecule is COCOc1c(SC)cc2ccccc2c1-c1c(OCOC)c(SC)cc2ccccc12. The molecule has 4 aromatic carbocycles. The Morgan fingerprint density at radius 3 is 1.41 bits per heavy atom. The fourth-order valence-corrected chi connectivity index (χ4v) is 5.11. The number of ether oxygens (including phenoxy) is 4. The van der Waals surface area contributed by atoms with E-state index >= 15 is 0 Å². The molecule has 0 N–H and O–H groups in total. The Balaban J connectivity index is 2.19. The predicted octanol–water partition coefficient (Wildman–Crippen LogP) is 7.07. The Morgan fingerprint density at radius 1 is 0.625 bits per heavy atom. The second-order valence-electron chi connectivity index (χ2n) is 7.11. The highest BCUT2D eigenvalue weighted by atomic mass is 32.2. The van der Waals surface area contributed by atoms with Gasteiger partial charge in [-0.3, -0.25) is 0 Å². The van der Waals surface area contributed by atoms with Crippen molar-refractivity contribution >= 4 is 45.1 Å². The smallest absolute Gasteiger partial charge is 0.188 e. The first-order valence-corrected chi connectivity index (χ1v) is 12.6. The molecule has 0 aliphatic rings. The molecule has 0 radical (unpaired) electrons. The summed E-state index contributed by atoms with van der Waals surface area (Å²) >= 11 is 3.31. The van der Waals surface area contributed by atoms with Gasteiger partial charge in [-0.2, -0.15) is 0 Å².